The maximum absolute atomic E-state index is 9.46. The van der Waals surface area contributed by atoms with E-state index in [0.717, 1.165) is 93.6 Å². The van der Waals surface area contributed by atoms with Gasteiger partial charge in [0.1, 0.15) is 11.2 Å². The molecular weight excluding hydrogens is 725 g/mol. The Morgan fingerprint density at radius 3 is 1.24 bits per heavy atom. The summed E-state index contributed by atoms with van der Waals surface area (Å²) in [5.41, 5.74) is 11.4. The van der Waals surface area contributed by atoms with Crippen LogP contribution >= 0.6 is 0 Å². The van der Waals surface area contributed by atoms with Gasteiger partial charge in [0.2, 0.25) is 0 Å². The van der Waals surface area contributed by atoms with E-state index in [-0.39, 0.29) is 0 Å². The highest BCUT2D eigenvalue weighted by atomic mass is 16.3. The molecule has 7 nitrogen and oxygen atoms in total. The van der Waals surface area contributed by atoms with Gasteiger partial charge in [-0.2, -0.15) is 5.26 Å². The number of benzene rings is 8. The summed E-state index contributed by atoms with van der Waals surface area (Å²) in [6.45, 7) is 0. The molecule has 0 unspecified atom stereocenters. The lowest BCUT2D eigenvalue weighted by atomic mass is 10.1. The number of fused-ring (bicyclic) bond motifs is 11. The number of rotatable bonds is 5. The first-order valence-electron chi connectivity index (χ1n) is 19.5. The second-order valence-corrected chi connectivity index (χ2v) is 14.7. The van der Waals surface area contributed by atoms with Gasteiger partial charge in [0.05, 0.1) is 44.5 Å². The predicted octanol–water partition coefficient (Wildman–Crippen LogP) is 12.8. The Hall–Kier alpha value is -8.34. The van der Waals surface area contributed by atoms with Crippen molar-refractivity contribution < 1.29 is 4.42 Å². The van der Waals surface area contributed by atoms with Gasteiger partial charge in [-0.05, 0) is 84.9 Å². The van der Waals surface area contributed by atoms with Crippen molar-refractivity contribution in [2.45, 2.75) is 0 Å². The SMILES string of the molecule is N#Cc1ccc(-n2c3ccccc3c3c4oc5c(ccc6c5c5ccccc5n6-c5ccc(-c6nc(-c7ccccc7)nc(-c7ccccc7)n6)cc5)c4ccc32)cc1. The van der Waals surface area contributed by atoms with E-state index in [9.17, 15) is 5.26 Å². The summed E-state index contributed by atoms with van der Waals surface area (Å²) in [4.78, 5) is 14.8. The standard InChI is InChI=1S/C52H30N6O/c53-31-32-19-23-36(24-20-32)57-42-17-9-7-15-40(42)46-44(57)29-27-38-39-28-30-45-47(49(39)59-48(38)46)41-16-8-10-18-43(41)58(45)37-25-21-35(22-26-37)52-55-50(33-11-3-1-4-12-33)54-51(56-52)34-13-5-2-6-14-34/h1-30H. The van der Waals surface area contributed by atoms with Gasteiger partial charge in [0, 0.05) is 49.6 Å². The molecule has 0 spiro atoms. The van der Waals surface area contributed by atoms with E-state index in [0.29, 0.717) is 23.0 Å². The van der Waals surface area contributed by atoms with Crippen molar-refractivity contribution in [2.75, 3.05) is 0 Å². The lowest BCUT2D eigenvalue weighted by Crippen LogP contribution is -2.00. The zero-order valence-electron chi connectivity index (χ0n) is 31.4. The average Bonchev–Trinajstić information content (AvgIpc) is 3.97. The molecule has 12 aromatic rings. The Balaban J connectivity index is 1.03. The van der Waals surface area contributed by atoms with Gasteiger partial charge < -0.3 is 13.6 Å². The molecular formula is C52H30N6O. The number of furan rings is 1. The second kappa shape index (κ2) is 12.8. The molecule has 8 aromatic carbocycles. The molecule has 0 aliphatic carbocycles. The van der Waals surface area contributed by atoms with E-state index in [1.165, 1.54) is 0 Å². The molecule has 4 heterocycles. The van der Waals surface area contributed by atoms with Gasteiger partial charge in [0.25, 0.3) is 0 Å². The molecule has 0 aliphatic rings. The topological polar surface area (TPSA) is 85.5 Å². The first kappa shape index (κ1) is 32.9. The van der Waals surface area contributed by atoms with Crippen molar-refractivity contribution >= 4 is 65.6 Å². The molecule has 12 rings (SSSR count). The van der Waals surface area contributed by atoms with Gasteiger partial charge in [-0.3, -0.25) is 0 Å². The third-order valence-corrected chi connectivity index (χ3v) is 11.4. The molecule has 4 aromatic heterocycles. The molecule has 0 radical (unpaired) electrons. The highest BCUT2D eigenvalue weighted by Crippen LogP contribution is 2.45. The lowest BCUT2D eigenvalue weighted by molar-refractivity contribution is 0.677. The molecule has 274 valence electrons. The predicted molar refractivity (Wildman–Crippen MR) is 237 cm³/mol. The molecule has 0 fully saturated rings. The highest BCUT2D eigenvalue weighted by Gasteiger charge is 2.22. The number of nitriles is 1. The van der Waals surface area contributed by atoms with E-state index in [1.807, 2.05) is 84.9 Å². The van der Waals surface area contributed by atoms with E-state index in [2.05, 4.69) is 112 Å². The largest absolute Gasteiger partial charge is 0.455 e. The minimum Gasteiger partial charge on any atom is -0.455 e. The van der Waals surface area contributed by atoms with Crippen LogP contribution in [0.25, 0.3) is 111 Å². The highest BCUT2D eigenvalue weighted by molar-refractivity contribution is 6.29. The molecule has 0 atom stereocenters. The number of hydrogen-bond donors (Lipinski definition) is 0. The molecule has 0 aliphatic heterocycles. The van der Waals surface area contributed by atoms with Crippen LogP contribution in [-0.2, 0) is 0 Å². The van der Waals surface area contributed by atoms with Gasteiger partial charge in [-0.15, -0.1) is 0 Å². The fourth-order valence-corrected chi connectivity index (χ4v) is 8.73. The summed E-state index contributed by atoms with van der Waals surface area (Å²) in [5.74, 6) is 1.88. The maximum Gasteiger partial charge on any atom is 0.164 e. The van der Waals surface area contributed by atoms with Crippen molar-refractivity contribution in [2.24, 2.45) is 0 Å². The van der Waals surface area contributed by atoms with E-state index >= 15 is 0 Å². The van der Waals surface area contributed by atoms with Crippen molar-refractivity contribution in [1.29, 1.82) is 5.26 Å². The fraction of sp³-hybridized carbons (Fsp3) is 0. The fourth-order valence-electron chi connectivity index (χ4n) is 8.73. The second-order valence-electron chi connectivity index (χ2n) is 14.7. The first-order valence-corrected chi connectivity index (χ1v) is 19.5. The monoisotopic (exact) mass is 754 g/mol. The average molecular weight is 755 g/mol. The van der Waals surface area contributed by atoms with E-state index in [4.69, 9.17) is 19.4 Å². The Labute approximate surface area is 337 Å². The number of para-hydroxylation sites is 2. The first-order chi connectivity index (χ1) is 29.2. The number of aromatic nitrogens is 5. The van der Waals surface area contributed by atoms with Crippen LogP contribution < -0.4 is 0 Å². The molecule has 0 N–H and O–H groups in total. The van der Waals surface area contributed by atoms with Crippen LogP contribution in [-0.4, -0.2) is 24.1 Å². The van der Waals surface area contributed by atoms with Gasteiger partial charge in [0.15, 0.2) is 17.5 Å². The van der Waals surface area contributed by atoms with E-state index < -0.39 is 0 Å². The van der Waals surface area contributed by atoms with Crippen LogP contribution in [0, 0.1) is 11.3 Å². The summed E-state index contributed by atoms with van der Waals surface area (Å²) < 4.78 is 11.7. The summed E-state index contributed by atoms with van der Waals surface area (Å²) in [5, 5.41) is 16.0. The normalized spacial score (nSPS) is 11.7. The van der Waals surface area contributed by atoms with E-state index in [1.54, 1.807) is 0 Å². The molecule has 0 bridgehead atoms. The summed E-state index contributed by atoms with van der Waals surface area (Å²) >= 11 is 0. The molecule has 7 heteroatoms. The van der Waals surface area contributed by atoms with Crippen LogP contribution in [0.3, 0.4) is 0 Å². The lowest BCUT2D eigenvalue weighted by Gasteiger charge is -2.10. The molecule has 0 saturated carbocycles. The van der Waals surface area contributed by atoms with Crippen LogP contribution in [0.5, 0.6) is 0 Å². The van der Waals surface area contributed by atoms with Crippen molar-refractivity contribution in [3.05, 3.63) is 188 Å². The third kappa shape index (κ3) is 5.04. The van der Waals surface area contributed by atoms with Crippen LogP contribution in [0.15, 0.2) is 186 Å². The summed E-state index contributed by atoms with van der Waals surface area (Å²) in [6.07, 6.45) is 0. The minimum absolute atomic E-state index is 0.613. The molecule has 0 saturated heterocycles. The molecule has 0 amide bonds. The number of nitrogens with zero attached hydrogens (tertiary/aromatic N) is 6. The van der Waals surface area contributed by atoms with Crippen molar-refractivity contribution in [3.63, 3.8) is 0 Å². The van der Waals surface area contributed by atoms with Gasteiger partial charge >= 0.3 is 0 Å². The Bertz CT molecular complexity index is 3590. The molecule has 59 heavy (non-hydrogen) atoms. The number of hydrogen-bond acceptors (Lipinski definition) is 5. The minimum atomic E-state index is 0.613. The van der Waals surface area contributed by atoms with Gasteiger partial charge in [-0.25, -0.2) is 15.0 Å². The van der Waals surface area contributed by atoms with Crippen molar-refractivity contribution in [1.82, 2.24) is 24.1 Å². The Morgan fingerprint density at radius 2 is 0.780 bits per heavy atom. The third-order valence-electron chi connectivity index (χ3n) is 11.4. The quantitative estimate of drug-likeness (QED) is 0.175. The van der Waals surface area contributed by atoms with Crippen LogP contribution in [0.1, 0.15) is 5.56 Å². The van der Waals surface area contributed by atoms with Gasteiger partial charge in [-0.1, -0.05) is 97.1 Å². The Morgan fingerprint density at radius 1 is 0.373 bits per heavy atom. The maximum atomic E-state index is 9.46. The van der Waals surface area contributed by atoms with Crippen molar-refractivity contribution in [3.8, 4) is 51.6 Å². The smallest absolute Gasteiger partial charge is 0.164 e. The Kier molecular flexibility index (Phi) is 7.16. The zero-order chi connectivity index (χ0) is 39.0. The van der Waals surface area contributed by atoms with Crippen LogP contribution in [0.2, 0.25) is 0 Å². The summed E-state index contributed by atoms with van der Waals surface area (Å²) in [6, 6.07) is 64.3. The van der Waals surface area contributed by atoms with Crippen LogP contribution in [0.4, 0.5) is 0 Å². The summed E-state index contributed by atoms with van der Waals surface area (Å²) in [7, 11) is 0. The zero-order valence-corrected chi connectivity index (χ0v) is 31.4.